The number of amides is 1. The van der Waals surface area contributed by atoms with Gasteiger partial charge in [0, 0.05) is 19.6 Å². The average Bonchev–Trinajstić information content (AvgIpc) is 3.25. The second-order valence-electron chi connectivity index (χ2n) is 6.85. The van der Waals surface area contributed by atoms with Crippen molar-refractivity contribution in [2.45, 2.75) is 30.4 Å². The predicted octanol–water partition coefficient (Wildman–Crippen LogP) is 3.61. The zero-order valence-electron chi connectivity index (χ0n) is 15.6. The molecule has 0 spiro atoms. The number of fused-ring (bicyclic) bond motifs is 1. The highest BCUT2D eigenvalue weighted by atomic mass is 32.2. The Balaban J connectivity index is 1.47. The van der Waals surface area contributed by atoms with Crippen molar-refractivity contribution in [3.05, 3.63) is 65.9 Å². The van der Waals surface area contributed by atoms with E-state index < -0.39 is 0 Å². The Bertz CT molecular complexity index is 943. The molecule has 1 N–H and O–H groups in total. The molecule has 4 rings (SSSR count). The molecule has 1 atom stereocenters. The monoisotopic (exact) mass is 393 g/mol. The number of para-hydroxylation sites is 2. The fraction of sp³-hybridized carbons (Fsp3) is 0.318. The SMILES string of the molecule is O=C(CSc1nc2ccccc2nc1Cc1ccccc1)NC[C@H]1CCCO1. The van der Waals surface area contributed by atoms with Crippen molar-refractivity contribution in [2.24, 2.45) is 0 Å². The fourth-order valence-electron chi connectivity index (χ4n) is 3.26. The Morgan fingerprint density at radius 1 is 1.07 bits per heavy atom. The highest BCUT2D eigenvalue weighted by Crippen LogP contribution is 2.24. The summed E-state index contributed by atoms with van der Waals surface area (Å²) < 4.78 is 5.56. The lowest BCUT2D eigenvalue weighted by Crippen LogP contribution is -2.32. The molecule has 1 saturated heterocycles. The summed E-state index contributed by atoms with van der Waals surface area (Å²) in [6.07, 6.45) is 2.94. The topological polar surface area (TPSA) is 64.1 Å². The van der Waals surface area contributed by atoms with Gasteiger partial charge in [-0.25, -0.2) is 9.97 Å². The number of aromatic nitrogens is 2. The molecule has 28 heavy (non-hydrogen) atoms. The van der Waals surface area contributed by atoms with Crippen molar-refractivity contribution >= 4 is 28.7 Å². The number of nitrogens with one attached hydrogen (secondary N) is 1. The standard InChI is InChI=1S/C22H23N3O2S/c26-21(23-14-17-9-6-12-27-17)15-28-22-20(13-16-7-2-1-3-8-16)24-18-10-4-5-11-19(18)25-22/h1-5,7-8,10-11,17H,6,9,12-15H2,(H,23,26)/t17-/m1/s1. The number of hydrogen-bond acceptors (Lipinski definition) is 5. The van der Waals surface area contributed by atoms with Crippen LogP contribution in [0.4, 0.5) is 0 Å². The Kier molecular flexibility index (Phi) is 6.19. The minimum absolute atomic E-state index is 0.00104. The molecule has 0 saturated carbocycles. The number of ether oxygens (including phenoxy) is 1. The van der Waals surface area contributed by atoms with Crippen LogP contribution in [0.5, 0.6) is 0 Å². The number of hydrogen-bond donors (Lipinski definition) is 1. The number of thioether (sulfide) groups is 1. The normalized spacial score (nSPS) is 16.4. The van der Waals surface area contributed by atoms with Crippen LogP contribution in [0.2, 0.25) is 0 Å². The molecule has 3 aromatic rings. The third-order valence-electron chi connectivity index (χ3n) is 4.71. The Morgan fingerprint density at radius 3 is 2.57 bits per heavy atom. The Labute approximate surface area is 168 Å². The summed E-state index contributed by atoms with van der Waals surface area (Å²) in [5.74, 6) is 0.322. The van der Waals surface area contributed by atoms with Crippen LogP contribution >= 0.6 is 11.8 Å². The number of carbonyl (C=O) groups excluding carboxylic acids is 1. The van der Waals surface area contributed by atoms with Crippen molar-refractivity contribution in [1.82, 2.24) is 15.3 Å². The lowest BCUT2D eigenvalue weighted by molar-refractivity contribution is -0.119. The lowest BCUT2D eigenvalue weighted by atomic mass is 10.1. The van der Waals surface area contributed by atoms with Crippen LogP contribution in [-0.2, 0) is 16.0 Å². The minimum atomic E-state index is 0.00104. The highest BCUT2D eigenvalue weighted by Gasteiger charge is 2.17. The summed E-state index contributed by atoms with van der Waals surface area (Å²) in [6, 6.07) is 18.1. The van der Waals surface area contributed by atoms with Gasteiger partial charge in [-0.1, -0.05) is 54.2 Å². The first kappa shape index (κ1) is 18.9. The van der Waals surface area contributed by atoms with Crippen LogP contribution in [-0.4, -0.2) is 40.9 Å². The molecule has 2 aromatic carbocycles. The summed E-state index contributed by atoms with van der Waals surface area (Å²) >= 11 is 1.45. The summed E-state index contributed by atoms with van der Waals surface area (Å²) in [7, 11) is 0. The van der Waals surface area contributed by atoms with Gasteiger partial charge < -0.3 is 10.1 Å². The molecule has 1 fully saturated rings. The van der Waals surface area contributed by atoms with Crippen LogP contribution in [0.3, 0.4) is 0 Å². The second kappa shape index (κ2) is 9.17. The summed E-state index contributed by atoms with van der Waals surface area (Å²) in [4.78, 5) is 21.9. The van der Waals surface area contributed by atoms with E-state index in [0.717, 1.165) is 41.2 Å². The van der Waals surface area contributed by atoms with Gasteiger partial charge in [0.25, 0.3) is 0 Å². The average molecular weight is 394 g/mol. The first-order valence-electron chi connectivity index (χ1n) is 9.58. The maximum absolute atomic E-state index is 12.3. The molecule has 1 aliphatic heterocycles. The zero-order valence-corrected chi connectivity index (χ0v) is 16.5. The fourth-order valence-corrected chi connectivity index (χ4v) is 4.08. The van der Waals surface area contributed by atoms with E-state index in [4.69, 9.17) is 14.7 Å². The van der Waals surface area contributed by atoms with Gasteiger partial charge in [-0.05, 0) is 30.5 Å². The predicted molar refractivity (Wildman–Crippen MR) is 111 cm³/mol. The Morgan fingerprint density at radius 2 is 1.82 bits per heavy atom. The summed E-state index contributed by atoms with van der Waals surface area (Å²) in [5, 5.41) is 3.78. The molecule has 0 radical (unpaired) electrons. The van der Waals surface area contributed by atoms with Crippen molar-refractivity contribution in [3.8, 4) is 0 Å². The third kappa shape index (κ3) is 4.88. The van der Waals surface area contributed by atoms with E-state index in [-0.39, 0.29) is 12.0 Å². The lowest BCUT2D eigenvalue weighted by Gasteiger charge is -2.12. The molecule has 5 nitrogen and oxygen atoms in total. The van der Waals surface area contributed by atoms with Crippen LogP contribution in [0.15, 0.2) is 59.6 Å². The number of benzene rings is 2. The van der Waals surface area contributed by atoms with E-state index in [1.165, 1.54) is 17.3 Å². The first-order valence-corrected chi connectivity index (χ1v) is 10.6. The number of carbonyl (C=O) groups is 1. The van der Waals surface area contributed by atoms with Gasteiger partial charge in [0.1, 0.15) is 5.03 Å². The van der Waals surface area contributed by atoms with Crippen molar-refractivity contribution in [2.75, 3.05) is 18.9 Å². The molecule has 1 amide bonds. The van der Waals surface area contributed by atoms with E-state index in [0.29, 0.717) is 18.7 Å². The zero-order chi connectivity index (χ0) is 19.2. The second-order valence-corrected chi connectivity index (χ2v) is 7.82. The van der Waals surface area contributed by atoms with Crippen molar-refractivity contribution in [1.29, 1.82) is 0 Å². The summed E-state index contributed by atoms with van der Waals surface area (Å²) in [5.41, 5.74) is 3.81. The molecule has 0 aliphatic carbocycles. The van der Waals surface area contributed by atoms with Gasteiger partial charge >= 0.3 is 0 Å². The van der Waals surface area contributed by atoms with E-state index in [9.17, 15) is 4.79 Å². The van der Waals surface area contributed by atoms with Gasteiger partial charge in [-0.2, -0.15) is 0 Å². The number of nitrogens with zero attached hydrogens (tertiary/aromatic N) is 2. The van der Waals surface area contributed by atoms with E-state index >= 15 is 0 Å². The molecule has 1 aromatic heterocycles. The largest absolute Gasteiger partial charge is 0.376 e. The molecule has 1 aliphatic rings. The molecule has 6 heteroatoms. The molecule has 2 heterocycles. The van der Waals surface area contributed by atoms with Gasteiger partial charge in [0.2, 0.25) is 5.91 Å². The molecule has 144 valence electrons. The van der Waals surface area contributed by atoms with Crippen LogP contribution in [0, 0.1) is 0 Å². The third-order valence-corrected chi connectivity index (χ3v) is 5.72. The molecule has 0 bridgehead atoms. The van der Waals surface area contributed by atoms with Crippen LogP contribution < -0.4 is 5.32 Å². The van der Waals surface area contributed by atoms with Crippen molar-refractivity contribution in [3.63, 3.8) is 0 Å². The Hall–Kier alpha value is -2.44. The number of rotatable bonds is 7. The van der Waals surface area contributed by atoms with Crippen LogP contribution in [0.1, 0.15) is 24.1 Å². The van der Waals surface area contributed by atoms with Gasteiger partial charge in [0.15, 0.2) is 0 Å². The van der Waals surface area contributed by atoms with Crippen molar-refractivity contribution < 1.29 is 9.53 Å². The molecular weight excluding hydrogens is 370 g/mol. The maximum atomic E-state index is 12.3. The quantitative estimate of drug-likeness (QED) is 0.621. The minimum Gasteiger partial charge on any atom is -0.376 e. The van der Waals surface area contributed by atoms with Crippen LogP contribution in [0.25, 0.3) is 11.0 Å². The first-order chi connectivity index (χ1) is 13.8. The van der Waals surface area contributed by atoms with Gasteiger partial charge in [-0.15, -0.1) is 0 Å². The van der Waals surface area contributed by atoms with E-state index in [2.05, 4.69) is 17.4 Å². The maximum Gasteiger partial charge on any atom is 0.230 e. The van der Waals surface area contributed by atoms with Gasteiger partial charge in [-0.3, -0.25) is 4.79 Å². The van der Waals surface area contributed by atoms with E-state index in [1.807, 2.05) is 42.5 Å². The summed E-state index contributed by atoms with van der Waals surface area (Å²) in [6.45, 7) is 1.38. The molecular formula is C22H23N3O2S. The van der Waals surface area contributed by atoms with Gasteiger partial charge in [0.05, 0.1) is 28.6 Å². The highest BCUT2D eigenvalue weighted by molar-refractivity contribution is 7.99. The van der Waals surface area contributed by atoms with E-state index in [1.54, 1.807) is 0 Å². The molecule has 0 unspecified atom stereocenters. The smallest absolute Gasteiger partial charge is 0.230 e.